The third-order valence-corrected chi connectivity index (χ3v) is 14.5. The number of nitrogens with one attached hydrogen (secondary N) is 3. The smallest absolute Gasteiger partial charge is 0.364 e. The number of carboxylic acids is 1. The molecule has 6 aliphatic rings. The Balaban J connectivity index is 1.38. The summed E-state index contributed by atoms with van der Waals surface area (Å²) in [5, 5.41) is 191. The highest BCUT2D eigenvalue weighted by atomic mass is 16.8. The average Bonchev–Trinajstić information content (AvgIpc) is 3.59. The number of aliphatic hydroxyl groups is 16. The molecule has 80 heavy (non-hydrogen) atoms. The van der Waals surface area contributed by atoms with E-state index in [0.29, 0.717) is 0 Å². The molecule has 35 nitrogen and oxygen atoms in total. The molecule has 6 fully saturated rings. The van der Waals surface area contributed by atoms with Crippen molar-refractivity contribution in [3.8, 4) is 0 Å². The van der Waals surface area contributed by atoms with Crippen LogP contribution in [0.1, 0.15) is 41.0 Å². The van der Waals surface area contributed by atoms with Gasteiger partial charge in [0.05, 0.1) is 50.8 Å². The molecule has 0 spiro atoms. The molecule has 6 aliphatic heterocycles. The third-order valence-electron chi connectivity index (χ3n) is 14.5. The number of hydrogen-bond acceptors (Lipinski definition) is 31. The van der Waals surface area contributed by atoms with Gasteiger partial charge in [0.2, 0.25) is 17.7 Å². The summed E-state index contributed by atoms with van der Waals surface area (Å²) in [7, 11) is 0. The van der Waals surface area contributed by atoms with Gasteiger partial charge >= 0.3 is 5.97 Å². The first-order chi connectivity index (χ1) is 37.5. The lowest BCUT2D eigenvalue weighted by molar-refractivity contribution is -0.396. The molecule has 35 heteroatoms. The van der Waals surface area contributed by atoms with Crippen LogP contribution in [0.4, 0.5) is 0 Å². The molecule has 0 bridgehead atoms. The number of hydrogen-bond donors (Lipinski definition) is 20. The fourth-order valence-corrected chi connectivity index (χ4v) is 10.2. The standard InChI is InChI=1S/C45H75N3O32/c1-11-24(57)29(62)32(65)41(71-11)78-37-23(48-15(5)54)40(75-19(9-51)34(37)76-43-38(31(64)27(60)18(8-50)74-43)79-42-33(66)30(63)25(58)12(2)72-42)77-35-22(47-14(4)53)39(67)73-20(28(35)61)10-70-45(44(68)69)6-16(55)21(46-13(3)52)36(80-45)26(59)17(56)7-49/h11-12,16-43,49-51,55-67H,6-10H2,1-5H3,(H,46,52)(H,47,53)(H,48,54)(H,68,69)/t11-,12-,16-,17+,18+,19+,20+,21+,22+,23+,24+,25+,26+,27-,28-,29+,30+,31-,32-,33-,34+,35+,36+,37+,38+,39-,40-,41-,42-,43-,45+/m0/s1. The second-order valence-electron chi connectivity index (χ2n) is 20.4. The van der Waals surface area contributed by atoms with Crippen LogP contribution in [0.3, 0.4) is 0 Å². The molecule has 31 atom stereocenters. The summed E-state index contributed by atoms with van der Waals surface area (Å²) in [5.41, 5.74) is 0. The van der Waals surface area contributed by atoms with Gasteiger partial charge in [-0.3, -0.25) is 14.4 Å². The van der Waals surface area contributed by atoms with Crippen molar-refractivity contribution in [1.29, 1.82) is 0 Å². The maximum Gasteiger partial charge on any atom is 0.364 e. The van der Waals surface area contributed by atoms with Crippen LogP contribution >= 0.6 is 0 Å². The molecule has 0 unspecified atom stereocenters. The van der Waals surface area contributed by atoms with Crippen LogP contribution < -0.4 is 16.0 Å². The predicted octanol–water partition coefficient (Wildman–Crippen LogP) is -12.4. The topological polar surface area (TPSA) is 550 Å². The molecular formula is C45H75N3O32. The number of amides is 3. The van der Waals surface area contributed by atoms with Crippen LogP contribution in [-0.2, 0) is 71.3 Å². The first-order valence-electron chi connectivity index (χ1n) is 25.4. The number of carbonyl (C=O) groups is 4. The molecule has 6 rings (SSSR count). The third kappa shape index (κ3) is 14.3. The van der Waals surface area contributed by atoms with E-state index in [4.69, 9.17) is 52.1 Å². The van der Waals surface area contributed by atoms with E-state index in [2.05, 4.69) is 16.0 Å². The Morgan fingerprint density at radius 3 is 1.52 bits per heavy atom. The quantitative estimate of drug-likeness (QED) is 0.0538. The highest BCUT2D eigenvalue weighted by Gasteiger charge is 2.60. The summed E-state index contributed by atoms with van der Waals surface area (Å²) in [6.07, 6.45) is -53.5. The van der Waals surface area contributed by atoms with Gasteiger partial charge in [-0.05, 0) is 13.8 Å². The van der Waals surface area contributed by atoms with Crippen LogP contribution in [0.25, 0.3) is 0 Å². The highest BCUT2D eigenvalue weighted by Crippen LogP contribution is 2.39. The Hall–Kier alpha value is -3.20. The molecule has 20 N–H and O–H groups in total. The molecule has 0 aromatic rings. The van der Waals surface area contributed by atoms with E-state index in [1.54, 1.807) is 0 Å². The number of ether oxygens (including phenoxy) is 11. The van der Waals surface area contributed by atoms with E-state index in [1.165, 1.54) is 13.8 Å². The number of aliphatic carboxylic acids is 1. The molecule has 0 aliphatic carbocycles. The zero-order valence-electron chi connectivity index (χ0n) is 43.6. The summed E-state index contributed by atoms with van der Waals surface area (Å²) < 4.78 is 64.8. The zero-order chi connectivity index (χ0) is 59.6. The van der Waals surface area contributed by atoms with Crippen LogP contribution in [0, 0.1) is 0 Å². The largest absolute Gasteiger partial charge is 0.477 e. The van der Waals surface area contributed by atoms with Gasteiger partial charge in [0, 0.05) is 27.2 Å². The van der Waals surface area contributed by atoms with Gasteiger partial charge in [-0.15, -0.1) is 0 Å². The monoisotopic (exact) mass is 1170 g/mol. The van der Waals surface area contributed by atoms with Crippen LogP contribution in [0.15, 0.2) is 0 Å². The zero-order valence-corrected chi connectivity index (χ0v) is 43.6. The van der Waals surface area contributed by atoms with E-state index in [9.17, 15) is 106 Å². The van der Waals surface area contributed by atoms with Gasteiger partial charge < -0.3 is 155 Å². The minimum Gasteiger partial charge on any atom is -0.477 e. The van der Waals surface area contributed by atoms with Crippen LogP contribution in [-0.4, -0.2) is 327 Å². The second kappa shape index (κ2) is 27.7. The fourth-order valence-electron chi connectivity index (χ4n) is 10.2. The van der Waals surface area contributed by atoms with Gasteiger partial charge in [0.25, 0.3) is 5.79 Å². The van der Waals surface area contributed by atoms with Gasteiger partial charge in [-0.2, -0.15) is 0 Å². The lowest BCUT2D eigenvalue weighted by atomic mass is 9.88. The summed E-state index contributed by atoms with van der Waals surface area (Å²) in [6, 6.07) is -5.39. The van der Waals surface area contributed by atoms with E-state index in [-0.39, 0.29) is 0 Å². The first kappa shape index (κ1) is 65.9. The van der Waals surface area contributed by atoms with Crippen molar-refractivity contribution < 1.29 is 158 Å². The van der Waals surface area contributed by atoms with Crippen molar-refractivity contribution in [2.45, 2.75) is 231 Å². The molecule has 0 aromatic heterocycles. The number of carboxylic acid groups (broad SMARTS) is 1. The molecule has 462 valence electrons. The molecule has 0 radical (unpaired) electrons. The van der Waals surface area contributed by atoms with E-state index >= 15 is 0 Å². The number of carbonyl (C=O) groups excluding carboxylic acids is 3. The van der Waals surface area contributed by atoms with Gasteiger partial charge in [0.15, 0.2) is 31.5 Å². The molecule has 6 heterocycles. The van der Waals surface area contributed by atoms with Gasteiger partial charge in [-0.1, -0.05) is 0 Å². The average molecular weight is 1170 g/mol. The van der Waals surface area contributed by atoms with Gasteiger partial charge in [-0.25, -0.2) is 4.79 Å². The summed E-state index contributed by atoms with van der Waals surface area (Å²) in [6.45, 7) is 1.09. The van der Waals surface area contributed by atoms with Crippen LogP contribution in [0.2, 0.25) is 0 Å². The normalized spacial score (nSPS) is 47.1. The Labute approximate surface area is 454 Å². The Bertz CT molecular complexity index is 2060. The van der Waals surface area contributed by atoms with Crippen molar-refractivity contribution in [3.05, 3.63) is 0 Å². The van der Waals surface area contributed by atoms with Crippen molar-refractivity contribution in [2.75, 3.05) is 26.4 Å². The Kier molecular flexibility index (Phi) is 22.8. The minimum absolute atomic E-state index is 0.799. The highest BCUT2D eigenvalue weighted by molar-refractivity contribution is 5.77. The molecular weight excluding hydrogens is 1090 g/mol. The first-order valence-corrected chi connectivity index (χ1v) is 25.4. The summed E-state index contributed by atoms with van der Waals surface area (Å²) >= 11 is 0. The fraction of sp³-hybridized carbons (Fsp3) is 0.911. The number of rotatable bonds is 20. The van der Waals surface area contributed by atoms with E-state index in [0.717, 1.165) is 20.8 Å². The van der Waals surface area contributed by atoms with Crippen molar-refractivity contribution in [3.63, 3.8) is 0 Å². The van der Waals surface area contributed by atoms with Crippen molar-refractivity contribution in [2.24, 2.45) is 0 Å². The molecule has 6 saturated heterocycles. The molecule has 0 saturated carbocycles. The summed E-state index contributed by atoms with van der Waals surface area (Å²) in [5.74, 6) is -7.64. The maximum atomic E-state index is 13.2. The summed E-state index contributed by atoms with van der Waals surface area (Å²) in [4.78, 5) is 51.0. The maximum absolute atomic E-state index is 13.2. The Morgan fingerprint density at radius 2 is 1.01 bits per heavy atom. The second-order valence-corrected chi connectivity index (χ2v) is 20.4. The minimum atomic E-state index is -3.03. The lowest BCUT2D eigenvalue weighted by Gasteiger charge is -2.52. The van der Waals surface area contributed by atoms with Crippen LogP contribution in [0.5, 0.6) is 0 Å². The SMILES string of the molecule is CC(=O)N[C@@H]1[C@@H](O[C@@H]2O[C@H](CO)[C@@H](O[C@@H]3O[C@H](CO)[C@H](O)[C@H](O)[C@H]3O[C@@H]3O[C@@H](C)[C@@H](O)[C@@H](O)[C@@H]3O)[C@H](O[C@@H]3O[C@@H](C)[C@@H](O)[C@@H](O)[C@@H]3O)[C@H]2NC(C)=O)[C@@H](O)[C@@H](CO[C@]2(C(=O)O)C[C@H](O)[C@@H](NC(C)=O)[C@H]([C@H](O)[C@H](O)CO)O2)O[C@@H]1O. The van der Waals surface area contributed by atoms with E-state index in [1.807, 2.05) is 0 Å². The molecule has 0 aromatic carbocycles. The lowest BCUT2D eigenvalue weighted by Crippen LogP contribution is -2.72. The molecule has 3 amide bonds. The van der Waals surface area contributed by atoms with Crippen molar-refractivity contribution in [1.82, 2.24) is 16.0 Å². The number of aliphatic hydroxyl groups excluding tert-OH is 16. The van der Waals surface area contributed by atoms with E-state index < -0.39 is 246 Å². The van der Waals surface area contributed by atoms with Gasteiger partial charge in [0.1, 0.15) is 128 Å². The Morgan fingerprint density at radius 1 is 0.525 bits per heavy atom. The predicted molar refractivity (Wildman–Crippen MR) is 248 cm³/mol. The van der Waals surface area contributed by atoms with Crippen molar-refractivity contribution >= 4 is 23.7 Å².